The fourth-order valence-corrected chi connectivity index (χ4v) is 4.00. The van der Waals surface area contributed by atoms with Gasteiger partial charge in [-0.05, 0) is 57.2 Å². The second kappa shape index (κ2) is 18.1. The normalized spacial score (nSPS) is 18.5. The molecule has 9 heteroatoms. The van der Waals surface area contributed by atoms with Crippen molar-refractivity contribution in [1.29, 1.82) is 0 Å². The molecular weight excluding hydrogens is 474 g/mol. The highest BCUT2D eigenvalue weighted by molar-refractivity contribution is 5.48. The fourth-order valence-electron chi connectivity index (χ4n) is 4.00. The minimum Gasteiger partial charge on any atom is -0.401 e. The first kappa shape index (κ1) is 33.8. The molecule has 0 spiro atoms. The van der Waals surface area contributed by atoms with Crippen LogP contribution < -0.4 is 21.7 Å². The third-order valence-electron chi connectivity index (χ3n) is 5.86. The summed E-state index contributed by atoms with van der Waals surface area (Å²) in [5.41, 5.74) is 14.5. The number of amides is 1. The summed E-state index contributed by atoms with van der Waals surface area (Å²) in [6.45, 7) is 16.4. The third-order valence-corrected chi connectivity index (χ3v) is 5.86. The maximum Gasteiger partial charge on any atom is 0.225 e. The maximum atomic E-state index is 14.2. The van der Waals surface area contributed by atoms with Crippen LogP contribution >= 0.6 is 0 Å². The molecule has 0 bridgehead atoms. The van der Waals surface area contributed by atoms with E-state index in [1.165, 1.54) is 19.9 Å². The first-order valence-electron chi connectivity index (χ1n) is 13.2. The number of halogens is 2. The molecule has 1 heterocycles. The molecule has 2 rings (SSSR count). The first-order valence-corrected chi connectivity index (χ1v) is 13.2. The first-order chi connectivity index (χ1) is 17.7. The summed E-state index contributed by atoms with van der Waals surface area (Å²) in [5, 5.41) is 2.64. The van der Waals surface area contributed by atoms with Crippen LogP contribution in [-0.2, 0) is 4.79 Å². The predicted molar refractivity (Wildman–Crippen MR) is 150 cm³/mol. The molecule has 0 saturated heterocycles. The zero-order valence-corrected chi connectivity index (χ0v) is 23.7. The Kier molecular flexibility index (Phi) is 16.5. The van der Waals surface area contributed by atoms with E-state index in [2.05, 4.69) is 10.3 Å². The van der Waals surface area contributed by atoms with Crippen LogP contribution in [0.25, 0.3) is 0 Å². The molecule has 208 valence electrons. The lowest BCUT2D eigenvalue weighted by Gasteiger charge is -2.30. The number of allylic oxidation sites excluding steroid dienone is 6. The lowest BCUT2D eigenvalue weighted by Crippen LogP contribution is -2.33. The molecule has 0 saturated carbocycles. The molecule has 1 unspecified atom stereocenters. The lowest BCUT2D eigenvalue weighted by molar-refractivity contribution is -0.109. The number of nitrogens with one attached hydrogen (secondary N) is 1. The zero-order chi connectivity index (χ0) is 28.5. The van der Waals surface area contributed by atoms with Gasteiger partial charge in [0.25, 0.3) is 0 Å². The van der Waals surface area contributed by atoms with Gasteiger partial charge in [-0.15, -0.1) is 0 Å². The van der Waals surface area contributed by atoms with E-state index >= 15 is 0 Å². The molecule has 0 aromatic carbocycles. The number of likely N-dealkylation sites (N-methyl/N-ethyl adjacent to an activating group) is 1. The van der Waals surface area contributed by atoms with Gasteiger partial charge in [-0.3, -0.25) is 4.79 Å². The molecule has 1 aromatic rings. The summed E-state index contributed by atoms with van der Waals surface area (Å²) in [6, 6.07) is 1.83. The van der Waals surface area contributed by atoms with Gasteiger partial charge in [0, 0.05) is 43.1 Å². The number of carbonyl (C=O) groups is 1. The summed E-state index contributed by atoms with van der Waals surface area (Å²) in [5.74, 6) is -0.939. The van der Waals surface area contributed by atoms with Gasteiger partial charge in [-0.25, -0.2) is 18.7 Å². The van der Waals surface area contributed by atoms with E-state index in [1.54, 1.807) is 12.3 Å². The zero-order valence-electron chi connectivity index (χ0n) is 23.7. The van der Waals surface area contributed by atoms with E-state index < -0.39 is 11.7 Å². The van der Waals surface area contributed by atoms with Crippen LogP contribution in [0.3, 0.4) is 0 Å². The summed E-state index contributed by atoms with van der Waals surface area (Å²) in [4.78, 5) is 21.6. The Bertz CT molecular complexity index is 967. The number of anilines is 1. The van der Waals surface area contributed by atoms with Crippen molar-refractivity contribution in [2.75, 3.05) is 24.5 Å². The number of nitrogens with zero attached hydrogens (tertiary/aromatic N) is 3. The van der Waals surface area contributed by atoms with Crippen LogP contribution in [0, 0.1) is 5.92 Å². The summed E-state index contributed by atoms with van der Waals surface area (Å²) >= 11 is 0. The van der Waals surface area contributed by atoms with Crippen LogP contribution in [0.5, 0.6) is 0 Å². The van der Waals surface area contributed by atoms with Crippen molar-refractivity contribution in [2.24, 2.45) is 17.4 Å². The number of nitrogens with two attached hydrogens (primary N) is 2. The molecule has 0 aliphatic heterocycles. The topological polar surface area (TPSA) is 110 Å². The number of rotatable bonds is 10. The van der Waals surface area contributed by atoms with Gasteiger partial charge >= 0.3 is 0 Å². The molecule has 2 atom stereocenters. The minimum atomic E-state index is -0.716. The number of hydrogen-bond donors (Lipinski definition) is 3. The van der Waals surface area contributed by atoms with E-state index in [9.17, 15) is 13.6 Å². The van der Waals surface area contributed by atoms with Crippen LogP contribution in [0.2, 0.25) is 0 Å². The van der Waals surface area contributed by atoms with Crippen LogP contribution in [0.4, 0.5) is 14.7 Å². The fraction of sp³-hybridized carbons (Fsp3) is 0.536. The Morgan fingerprint density at radius 3 is 2.43 bits per heavy atom. The molecule has 0 fully saturated rings. The molecule has 0 radical (unpaired) electrons. The predicted octanol–water partition coefficient (Wildman–Crippen LogP) is 5.79. The summed E-state index contributed by atoms with van der Waals surface area (Å²) < 4.78 is 28.2. The monoisotopic (exact) mass is 520 g/mol. The van der Waals surface area contributed by atoms with Crippen LogP contribution in [0.15, 0.2) is 58.6 Å². The SMILES string of the molecule is CC.CC.C\C=C(F)/C(C(/N)=C/C1=C(N)C(c2ccnc(N(CC)CCNC=O)n2)CC[C@@H]1C)=C(\C)F. The average molecular weight is 521 g/mol. The largest absolute Gasteiger partial charge is 0.401 e. The van der Waals surface area contributed by atoms with Gasteiger partial charge in [-0.1, -0.05) is 40.7 Å². The highest BCUT2D eigenvalue weighted by Crippen LogP contribution is 2.39. The van der Waals surface area contributed by atoms with Crippen LogP contribution in [0.1, 0.15) is 79.8 Å². The van der Waals surface area contributed by atoms with E-state index in [0.717, 1.165) is 24.1 Å². The van der Waals surface area contributed by atoms with E-state index in [-0.39, 0.29) is 23.1 Å². The van der Waals surface area contributed by atoms with E-state index in [4.69, 9.17) is 16.5 Å². The van der Waals surface area contributed by atoms with Crippen molar-refractivity contribution in [2.45, 2.75) is 74.1 Å². The van der Waals surface area contributed by atoms with Crippen molar-refractivity contribution in [3.8, 4) is 0 Å². The lowest BCUT2D eigenvalue weighted by atomic mass is 9.79. The number of aromatic nitrogens is 2. The van der Waals surface area contributed by atoms with Gasteiger partial charge in [0.2, 0.25) is 12.4 Å². The third kappa shape index (κ3) is 9.63. The summed E-state index contributed by atoms with van der Waals surface area (Å²) in [6.07, 6.45) is 6.72. The molecule has 5 N–H and O–H groups in total. The van der Waals surface area contributed by atoms with Gasteiger partial charge < -0.3 is 21.7 Å². The smallest absolute Gasteiger partial charge is 0.225 e. The Morgan fingerprint density at radius 2 is 1.89 bits per heavy atom. The minimum absolute atomic E-state index is 0.000683. The molecular formula is C28H46F2N6O. The Balaban J connectivity index is 0.00000308. The van der Waals surface area contributed by atoms with Gasteiger partial charge in [-0.2, -0.15) is 0 Å². The summed E-state index contributed by atoms with van der Waals surface area (Å²) in [7, 11) is 0. The molecule has 7 nitrogen and oxygen atoms in total. The van der Waals surface area contributed by atoms with Crippen molar-refractivity contribution in [3.63, 3.8) is 0 Å². The number of hydrogen-bond acceptors (Lipinski definition) is 6. The number of carbonyl (C=O) groups excluding carboxylic acids is 1. The highest BCUT2D eigenvalue weighted by Gasteiger charge is 2.28. The van der Waals surface area contributed by atoms with Crippen LogP contribution in [-0.4, -0.2) is 36.0 Å². The van der Waals surface area contributed by atoms with Gasteiger partial charge in [0.05, 0.1) is 11.3 Å². The Morgan fingerprint density at radius 1 is 1.24 bits per heavy atom. The molecule has 37 heavy (non-hydrogen) atoms. The molecule has 1 amide bonds. The molecule has 1 aliphatic carbocycles. The van der Waals surface area contributed by atoms with Crippen molar-refractivity contribution in [1.82, 2.24) is 15.3 Å². The maximum absolute atomic E-state index is 14.2. The van der Waals surface area contributed by atoms with E-state index in [1.807, 2.05) is 52.5 Å². The van der Waals surface area contributed by atoms with Crippen molar-refractivity contribution < 1.29 is 13.6 Å². The molecule has 1 aromatic heterocycles. The Hall–Kier alpha value is -3.23. The van der Waals surface area contributed by atoms with Gasteiger partial charge in [0.15, 0.2) is 0 Å². The van der Waals surface area contributed by atoms with E-state index in [0.29, 0.717) is 37.7 Å². The second-order valence-electron chi connectivity index (χ2n) is 8.02. The standard InChI is InChI=1S/C24H34F2N6O.2C2H6/c1-5-19(26)22(16(4)25)20(27)13-18-15(3)7-8-17(23(18)28)21-9-10-30-24(31-21)32(6-2)12-11-29-14-33;2*1-2/h5,9-10,13-15,17H,6-8,11-12,27-28H2,1-4H3,(H,29,33);2*1-2H3/b19-5+,20-13-,22-16-;;/t15-,17?;;/m0../s1. The highest BCUT2D eigenvalue weighted by atomic mass is 19.1. The van der Waals surface area contributed by atoms with Crippen molar-refractivity contribution >= 4 is 12.4 Å². The quantitative estimate of drug-likeness (QED) is 0.205. The molecule has 1 aliphatic rings. The van der Waals surface area contributed by atoms with Crippen molar-refractivity contribution in [3.05, 3.63) is 64.3 Å². The Labute approximate surface area is 221 Å². The second-order valence-corrected chi connectivity index (χ2v) is 8.02. The van der Waals surface area contributed by atoms with Gasteiger partial charge in [0.1, 0.15) is 11.7 Å². The average Bonchev–Trinajstić information content (AvgIpc) is 2.91.